The zero-order chi connectivity index (χ0) is 17.5. The number of allylic oxidation sites excluding steroid dienone is 1. The third kappa shape index (κ3) is 3.76. The molecule has 0 radical (unpaired) electrons. The van der Waals surface area contributed by atoms with E-state index in [0.29, 0.717) is 0 Å². The Kier molecular flexibility index (Phi) is 5.51. The van der Waals surface area contributed by atoms with Crippen LogP contribution < -0.4 is 0 Å². The predicted molar refractivity (Wildman–Crippen MR) is 86.7 cm³/mol. The maximum atomic E-state index is 13.8. The molecule has 23 heavy (non-hydrogen) atoms. The monoisotopic (exact) mass is 402 g/mol. The highest BCUT2D eigenvalue weighted by molar-refractivity contribution is 6.55. The second-order valence-electron chi connectivity index (χ2n) is 5.84. The summed E-state index contributed by atoms with van der Waals surface area (Å²) in [5, 5.41) is -0.687. The summed E-state index contributed by atoms with van der Waals surface area (Å²) in [7, 11) is 0. The highest BCUT2D eigenvalue weighted by Gasteiger charge is 2.61. The number of rotatable bonds is 4. The van der Waals surface area contributed by atoms with Crippen LogP contribution in [-0.2, 0) is 16.1 Å². The lowest BCUT2D eigenvalue weighted by Gasteiger charge is -2.09. The number of carbonyl (C=O) groups is 1. The van der Waals surface area contributed by atoms with Crippen LogP contribution in [0.2, 0.25) is 10.0 Å². The lowest BCUT2D eigenvalue weighted by Crippen LogP contribution is -2.12. The van der Waals surface area contributed by atoms with E-state index in [1.54, 1.807) is 6.08 Å². The molecule has 2 unspecified atom stereocenters. The molecule has 0 N–H and O–H groups in total. The van der Waals surface area contributed by atoms with Gasteiger partial charge in [-0.1, -0.05) is 60.3 Å². The third-order valence-corrected chi connectivity index (χ3v) is 4.83. The van der Waals surface area contributed by atoms with E-state index in [9.17, 15) is 13.6 Å². The first kappa shape index (κ1) is 18.8. The van der Waals surface area contributed by atoms with Crippen LogP contribution in [0.25, 0.3) is 0 Å². The molecule has 0 saturated heterocycles. The fraction of sp³-hybridized carbons (Fsp3) is 0.400. The van der Waals surface area contributed by atoms with Crippen LogP contribution in [0.3, 0.4) is 0 Å². The molecular weight excluding hydrogens is 392 g/mol. The molecular formula is C15H12Cl4F2O2. The summed E-state index contributed by atoms with van der Waals surface area (Å²) in [5.74, 6) is -3.29. The van der Waals surface area contributed by atoms with Crippen LogP contribution in [0, 0.1) is 28.9 Å². The number of esters is 1. The van der Waals surface area contributed by atoms with Gasteiger partial charge in [-0.15, -0.1) is 0 Å². The molecule has 8 heteroatoms. The molecule has 1 aliphatic carbocycles. The molecule has 1 aromatic rings. The van der Waals surface area contributed by atoms with Gasteiger partial charge in [-0.2, -0.15) is 0 Å². The fourth-order valence-electron chi connectivity index (χ4n) is 2.56. The SMILES string of the molecule is CC1(C)C(C=C(Cl)Cl)C1C(=O)OCc1c(F)c(Cl)cc(Cl)c1F. The van der Waals surface area contributed by atoms with E-state index in [2.05, 4.69) is 0 Å². The topological polar surface area (TPSA) is 26.3 Å². The zero-order valence-electron chi connectivity index (χ0n) is 12.1. The Morgan fingerprint density at radius 1 is 1.26 bits per heavy atom. The van der Waals surface area contributed by atoms with Crippen molar-refractivity contribution in [3.8, 4) is 0 Å². The molecule has 0 amide bonds. The molecule has 0 bridgehead atoms. The number of benzene rings is 1. The number of ether oxygens (including phenoxy) is 1. The van der Waals surface area contributed by atoms with Gasteiger partial charge in [0.2, 0.25) is 0 Å². The molecule has 0 heterocycles. The summed E-state index contributed by atoms with van der Waals surface area (Å²) < 4.78 is 32.8. The van der Waals surface area contributed by atoms with Gasteiger partial charge in [0.1, 0.15) is 11.1 Å². The summed E-state index contributed by atoms with van der Waals surface area (Å²) in [6, 6.07) is 0.951. The van der Waals surface area contributed by atoms with Crippen molar-refractivity contribution in [3.05, 3.63) is 43.9 Å². The Balaban J connectivity index is 2.11. The smallest absolute Gasteiger partial charge is 0.310 e. The van der Waals surface area contributed by atoms with Crippen molar-refractivity contribution < 1.29 is 18.3 Å². The van der Waals surface area contributed by atoms with Crippen LogP contribution in [0.1, 0.15) is 19.4 Å². The molecule has 0 spiro atoms. The van der Waals surface area contributed by atoms with E-state index in [1.807, 2.05) is 13.8 Å². The van der Waals surface area contributed by atoms with Crippen molar-refractivity contribution in [1.82, 2.24) is 0 Å². The molecule has 0 aromatic heterocycles. The Hall–Kier alpha value is -0.550. The standard InChI is InChI=1S/C15H12Cl4F2O2/c1-15(2)7(3-10(18)19)11(15)14(22)23-5-6-12(20)8(16)4-9(17)13(6)21/h3-4,7,11H,5H2,1-2H3. The molecule has 0 aliphatic heterocycles. The minimum Gasteiger partial charge on any atom is -0.460 e. The van der Waals surface area contributed by atoms with Gasteiger partial charge in [0, 0.05) is 0 Å². The fourth-order valence-corrected chi connectivity index (χ4v) is 3.33. The second kappa shape index (κ2) is 6.75. The molecule has 2 nitrogen and oxygen atoms in total. The number of carbonyl (C=O) groups excluding carboxylic acids is 1. The van der Waals surface area contributed by atoms with E-state index < -0.39 is 41.1 Å². The lowest BCUT2D eigenvalue weighted by molar-refractivity contribution is -0.147. The summed E-state index contributed by atoms with van der Waals surface area (Å²) >= 11 is 22.4. The summed E-state index contributed by atoms with van der Waals surface area (Å²) in [6.45, 7) is 3.08. The first-order valence-electron chi connectivity index (χ1n) is 6.58. The Bertz CT molecular complexity index is 658. The maximum Gasteiger partial charge on any atom is 0.310 e. The lowest BCUT2D eigenvalue weighted by atomic mass is 10.1. The van der Waals surface area contributed by atoms with Crippen molar-refractivity contribution >= 4 is 52.4 Å². The predicted octanol–water partition coefficient (Wildman–Crippen LogP) is 5.91. The molecule has 2 rings (SSSR count). The van der Waals surface area contributed by atoms with Crippen molar-refractivity contribution in [2.45, 2.75) is 20.5 Å². The van der Waals surface area contributed by atoms with Crippen LogP contribution in [-0.4, -0.2) is 5.97 Å². The quantitative estimate of drug-likeness (QED) is 0.461. The number of hydrogen-bond acceptors (Lipinski definition) is 2. The van der Waals surface area contributed by atoms with Crippen molar-refractivity contribution in [1.29, 1.82) is 0 Å². The van der Waals surface area contributed by atoms with Gasteiger partial charge in [-0.25, -0.2) is 8.78 Å². The van der Waals surface area contributed by atoms with E-state index in [1.165, 1.54) is 0 Å². The van der Waals surface area contributed by atoms with Crippen molar-refractivity contribution in [2.24, 2.45) is 17.3 Å². The summed E-state index contributed by atoms with van der Waals surface area (Å²) in [4.78, 5) is 12.1. The Morgan fingerprint density at radius 3 is 2.26 bits per heavy atom. The van der Waals surface area contributed by atoms with E-state index in [4.69, 9.17) is 51.1 Å². The normalized spacial score (nSPS) is 21.7. The number of hydrogen-bond donors (Lipinski definition) is 0. The van der Waals surface area contributed by atoms with Gasteiger partial charge >= 0.3 is 5.97 Å². The largest absolute Gasteiger partial charge is 0.460 e. The first-order valence-corrected chi connectivity index (χ1v) is 8.09. The highest BCUT2D eigenvalue weighted by Crippen LogP contribution is 2.60. The van der Waals surface area contributed by atoms with Crippen LogP contribution >= 0.6 is 46.4 Å². The first-order chi connectivity index (χ1) is 10.6. The van der Waals surface area contributed by atoms with Gasteiger partial charge < -0.3 is 4.74 Å². The summed E-state index contributed by atoms with van der Waals surface area (Å²) in [5.41, 5.74) is -0.883. The van der Waals surface area contributed by atoms with Crippen LogP contribution in [0.15, 0.2) is 16.6 Å². The molecule has 1 saturated carbocycles. The van der Waals surface area contributed by atoms with Crippen LogP contribution in [0.4, 0.5) is 8.78 Å². The van der Waals surface area contributed by atoms with Gasteiger partial charge in [0.05, 0.1) is 21.5 Å². The Morgan fingerprint density at radius 2 is 1.78 bits per heavy atom. The highest BCUT2D eigenvalue weighted by atomic mass is 35.5. The summed E-state index contributed by atoms with van der Waals surface area (Å²) in [6.07, 6.45) is 1.55. The minimum absolute atomic E-state index is 0.0529. The van der Waals surface area contributed by atoms with Crippen molar-refractivity contribution in [2.75, 3.05) is 0 Å². The second-order valence-corrected chi connectivity index (χ2v) is 7.66. The number of halogens is 6. The van der Waals surface area contributed by atoms with Gasteiger partial charge in [-0.05, 0) is 23.5 Å². The molecule has 1 fully saturated rings. The van der Waals surface area contributed by atoms with Crippen molar-refractivity contribution in [3.63, 3.8) is 0 Å². The van der Waals surface area contributed by atoms with Gasteiger partial charge in [0.25, 0.3) is 0 Å². The van der Waals surface area contributed by atoms with Crippen LogP contribution in [0.5, 0.6) is 0 Å². The molecule has 126 valence electrons. The third-order valence-electron chi connectivity index (χ3n) is 4.03. The zero-order valence-corrected chi connectivity index (χ0v) is 15.1. The average molecular weight is 404 g/mol. The maximum absolute atomic E-state index is 13.8. The van der Waals surface area contributed by atoms with Gasteiger partial charge in [-0.3, -0.25) is 4.79 Å². The molecule has 2 atom stereocenters. The molecule has 1 aromatic carbocycles. The van der Waals surface area contributed by atoms with E-state index >= 15 is 0 Å². The average Bonchev–Trinajstić information content (AvgIpc) is 2.96. The van der Waals surface area contributed by atoms with Gasteiger partial charge in [0.15, 0.2) is 11.6 Å². The Labute approximate surface area is 152 Å². The minimum atomic E-state index is -1.00. The van der Waals surface area contributed by atoms with E-state index in [-0.39, 0.29) is 20.5 Å². The van der Waals surface area contributed by atoms with E-state index in [0.717, 1.165) is 6.07 Å². The molecule has 1 aliphatic rings.